The number of hydrogen-bond acceptors (Lipinski definition) is 4. The van der Waals surface area contributed by atoms with Crippen molar-refractivity contribution in [1.82, 2.24) is 0 Å². The summed E-state index contributed by atoms with van der Waals surface area (Å²) in [6, 6.07) is 59.3. The van der Waals surface area contributed by atoms with Gasteiger partial charge in [0.05, 0.1) is 11.4 Å². The van der Waals surface area contributed by atoms with Gasteiger partial charge in [0, 0.05) is 54.9 Å². The van der Waals surface area contributed by atoms with Gasteiger partial charge in [0.25, 0.3) is 6.71 Å². The number of para-hydroxylation sites is 2. The van der Waals surface area contributed by atoms with Gasteiger partial charge in [0.2, 0.25) is 0 Å². The monoisotopic (exact) mass is 795 g/mol. The summed E-state index contributed by atoms with van der Waals surface area (Å²) in [5.41, 5.74) is 18.0. The molecule has 0 radical (unpaired) electrons. The van der Waals surface area contributed by atoms with Crippen LogP contribution in [0.5, 0.6) is 0 Å². The molecular weight excluding hydrogens is 746 g/mol. The lowest BCUT2D eigenvalue weighted by molar-refractivity contribution is 0.590. The maximum Gasteiger partial charge on any atom is 0.264 e. The molecule has 3 nitrogen and oxygen atoms in total. The number of nitrogens with zero attached hydrogens (tertiary/aromatic N) is 3. The highest BCUT2D eigenvalue weighted by atomic mass is 32.1. The Labute approximate surface area is 359 Å². The summed E-state index contributed by atoms with van der Waals surface area (Å²) in [6.45, 7) is 14.1. The van der Waals surface area contributed by atoms with E-state index in [0.29, 0.717) is 0 Å². The van der Waals surface area contributed by atoms with E-state index in [1.807, 2.05) is 0 Å². The van der Waals surface area contributed by atoms with Crippen LogP contribution in [0.3, 0.4) is 0 Å². The molecule has 0 atom stereocenters. The normalized spacial score (nSPS) is 14.2. The Morgan fingerprint density at radius 1 is 0.550 bits per heavy atom. The molecule has 7 aromatic carbocycles. The maximum absolute atomic E-state index is 2.63. The van der Waals surface area contributed by atoms with Crippen LogP contribution in [0.25, 0.3) is 10.8 Å². The van der Waals surface area contributed by atoms with E-state index < -0.39 is 0 Å². The fourth-order valence-electron chi connectivity index (χ4n) is 10.00. The number of hydrogen-bond donors (Lipinski definition) is 0. The molecule has 0 saturated heterocycles. The van der Waals surface area contributed by atoms with Crippen molar-refractivity contribution in [1.29, 1.82) is 0 Å². The minimum Gasteiger partial charge on any atom is -0.311 e. The summed E-state index contributed by atoms with van der Waals surface area (Å²) in [5, 5.41) is 2.46. The van der Waals surface area contributed by atoms with Gasteiger partial charge in [-0.15, -0.1) is 0 Å². The second-order valence-corrected chi connectivity index (χ2v) is 20.0. The Hall–Kier alpha value is -6.04. The van der Waals surface area contributed by atoms with Crippen LogP contribution >= 0.6 is 11.3 Å². The molecule has 0 saturated carbocycles. The summed E-state index contributed by atoms with van der Waals surface area (Å²) in [7, 11) is 0. The van der Waals surface area contributed by atoms with Crippen molar-refractivity contribution < 1.29 is 0 Å². The highest BCUT2D eigenvalue weighted by molar-refractivity contribution is 7.29. The van der Waals surface area contributed by atoms with Gasteiger partial charge in [-0.1, -0.05) is 133 Å². The summed E-state index contributed by atoms with van der Waals surface area (Å²) >= 11 is 2.07. The first-order chi connectivity index (χ1) is 29.0. The maximum atomic E-state index is 2.63. The van der Waals surface area contributed by atoms with Crippen LogP contribution in [0.4, 0.5) is 51.2 Å². The van der Waals surface area contributed by atoms with Gasteiger partial charge in [-0.3, -0.25) is 0 Å². The van der Waals surface area contributed by atoms with Crippen molar-refractivity contribution in [3.05, 3.63) is 179 Å². The lowest BCUT2D eigenvalue weighted by Crippen LogP contribution is -2.60. The molecule has 0 spiro atoms. The van der Waals surface area contributed by atoms with Gasteiger partial charge in [0.1, 0.15) is 0 Å². The predicted octanol–water partition coefficient (Wildman–Crippen LogP) is 13.5. The molecule has 3 heterocycles. The molecule has 0 fully saturated rings. The summed E-state index contributed by atoms with van der Waals surface area (Å²) in [6.07, 6.45) is 3.52. The molecule has 60 heavy (non-hydrogen) atoms. The van der Waals surface area contributed by atoms with Crippen LogP contribution in [-0.2, 0) is 23.7 Å². The molecule has 0 bridgehead atoms. The van der Waals surface area contributed by atoms with Gasteiger partial charge in [0.15, 0.2) is 0 Å². The second kappa shape index (κ2) is 13.8. The van der Waals surface area contributed by atoms with Gasteiger partial charge in [-0.2, -0.15) is 11.3 Å². The van der Waals surface area contributed by atoms with Gasteiger partial charge in [-0.05, 0) is 130 Å². The number of thiophene rings is 1. The first-order valence-electron chi connectivity index (χ1n) is 21.6. The lowest BCUT2D eigenvalue weighted by Gasteiger charge is -2.44. The average Bonchev–Trinajstić information content (AvgIpc) is 3.86. The Bertz CT molecular complexity index is 2930. The first kappa shape index (κ1) is 37.0. The zero-order valence-corrected chi connectivity index (χ0v) is 36.3. The van der Waals surface area contributed by atoms with E-state index >= 15 is 0 Å². The highest BCUT2D eigenvalue weighted by Gasteiger charge is 2.47. The quantitative estimate of drug-likeness (QED) is 0.161. The highest BCUT2D eigenvalue weighted by Crippen LogP contribution is 2.51. The van der Waals surface area contributed by atoms with Crippen molar-refractivity contribution in [2.75, 3.05) is 14.7 Å². The lowest BCUT2D eigenvalue weighted by atomic mass is 9.36. The molecule has 294 valence electrons. The van der Waals surface area contributed by atoms with Gasteiger partial charge >= 0.3 is 0 Å². The molecular formula is C55H50BN3S. The molecule has 8 aromatic rings. The minimum atomic E-state index is -0.0743. The third-order valence-electron chi connectivity index (χ3n) is 13.0. The third kappa shape index (κ3) is 5.84. The van der Waals surface area contributed by atoms with Crippen LogP contribution in [0.1, 0.15) is 69.5 Å². The SMILES string of the molecule is CC(C)(C)c1ccc(N(c2ccc3c(c2)N(c2ccccc2)c2cc(C(C)(C)C)cc4c2B3c2sc3c(c2N4c2ccccc2)CCC3)c2cccc3ccccc23)cc1. The number of aryl methyl sites for hydroxylation is 1. The Morgan fingerprint density at radius 3 is 1.87 bits per heavy atom. The van der Waals surface area contributed by atoms with Gasteiger partial charge < -0.3 is 14.7 Å². The molecule has 1 aromatic heterocycles. The zero-order valence-electron chi connectivity index (χ0n) is 35.5. The van der Waals surface area contributed by atoms with Crippen LogP contribution in [0, 0.1) is 0 Å². The molecule has 0 unspecified atom stereocenters. The molecule has 2 aliphatic heterocycles. The second-order valence-electron chi connectivity index (χ2n) is 18.9. The summed E-state index contributed by atoms with van der Waals surface area (Å²) < 4.78 is 1.48. The molecule has 11 rings (SSSR count). The molecule has 3 aliphatic rings. The minimum absolute atomic E-state index is 0.0555. The topological polar surface area (TPSA) is 9.72 Å². The van der Waals surface area contributed by atoms with Crippen molar-refractivity contribution in [3.63, 3.8) is 0 Å². The fraction of sp³-hybridized carbons (Fsp3) is 0.200. The fourth-order valence-corrected chi connectivity index (χ4v) is 11.5. The standard InChI is InChI=1S/C55H50BN3S/c1-54(2,3)37-27-29-41(30-28-37)57(46-25-15-18-36-17-13-14-23-43(36)46)42-31-32-45-47(35-42)58(39-19-9-7-10-20-39)48-33-38(55(4,5)6)34-49-51(48)56(45)53-52(44-24-16-26-50(44)60-53)59(49)40-21-11-8-12-22-40/h7-15,17-23,25,27-35H,16,24,26H2,1-6H3. The number of rotatable bonds is 5. The van der Waals surface area contributed by atoms with E-state index in [9.17, 15) is 0 Å². The molecule has 0 N–H and O–H groups in total. The number of fused-ring (bicyclic) bond motifs is 7. The first-order valence-corrected chi connectivity index (χ1v) is 22.4. The van der Waals surface area contributed by atoms with Crippen molar-refractivity contribution in [3.8, 4) is 0 Å². The van der Waals surface area contributed by atoms with E-state index in [1.54, 1.807) is 10.4 Å². The number of benzene rings is 7. The third-order valence-corrected chi connectivity index (χ3v) is 14.4. The zero-order chi connectivity index (χ0) is 40.9. The Kier molecular flexibility index (Phi) is 8.48. The average molecular weight is 796 g/mol. The Morgan fingerprint density at radius 2 is 1.17 bits per heavy atom. The molecule has 1 aliphatic carbocycles. The van der Waals surface area contributed by atoms with E-state index in [4.69, 9.17) is 0 Å². The molecule has 0 amide bonds. The summed E-state index contributed by atoms with van der Waals surface area (Å²) in [5.74, 6) is 0. The van der Waals surface area contributed by atoms with E-state index in [0.717, 1.165) is 24.2 Å². The van der Waals surface area contributed by atoms with Crippen LogP contribution < -0.4 is 30.4 Å². The Balaban J connectivity index is 1.21. The predicted molar refractivity (Wildman–Crippen MR) is 260 cm³/mol. The van der Waals surface area contributed by atoms with E-state index in [-0.39, 0.29) is 17.5 Å². The number of anilines is 9. The van der Waals surface area contributed by atoms with E-state index in [1.165, 1.54) is 83.8 Å². The van der Waals surface area contributed by atoms with Crippen LogP contribution in [0.15, 0.2) is 158 Å². The van der Waals surface area contributed by atoms with Crippen molar-refractivity contribution in [2.24, 2.45) is 0 Å². The smallest absolute Gasteiger partial charge is 0.264 e. The largest absolute Gasteiger partial charge is 0.311 e. The van der Waals surface area contributed by atoms with Gasteiger partial charge in [-0.25, -0.2) is 0 Å². The summed E-state index contributed by atoms with van der Waals surface area (Å²) in [4.78, 5) is 9.25. The van der Waals surface area contributed by atoms with Crippen LogP contribution in [-0.4, -0.2) is 6.71 Å². The van der Waals surface area contributed by atoms with E-state index in [2.05, 4.69) is 225 Å². The molecule has 5 heteroatoms. The van der Waals surface area contributed by atoms with Crippen molar-refractivity contribution >= 4 is 95.7 Å². The van der Waals surface area contributed by atoms with Crippen molar-refractivity contribution in [2.45, 2.75) is 71.6 Å². The van der Waals surface area contributed by atoms with Crippen LogP contribution in [0.2, 0.25) is 0 Å².